The first-order chi connectivity index (χ1) is 14.3. The van der Waals surface area contributed by atoms with Crippen molar-refractivity contribution in [3.63, 3.8) is 0 Å². The van der Waals surface area contributed by atoms with E-state index < -0.39 is 0 Å². The van der Waals surface area contributed by atoms with Crippen molar-refractivity contribution in [3.8, 4) is 0 Å². The summed E-state index contributed by atoms with van der Waals surface area (Å²) in [7, 11) is 1.63. The van der Waals surface area contributed by atoms with E-state index in [9.17, 15) is 4.79 Å². The second-order valence-corrected chi connectivity index (χ2v) is 6.59. The van der Waals surface area contributed by atoms with Gasteiger partial charge in [0.15, 0.2) is 0 Å². The van der Waals surface area contributed by atoms with Gasteiger partial charge in [0, 0.05) is 43.0 Å². The molecule has 1 unspecified atom stereocenters. The lowest BCUT2D eigenvalue weighted by Crippen LogP contribution is -2.24. The van der Waals surface area contributed by atoms with Crippen molar-refractivity contribution in [2.75, 3.05) is 13.6 Å². The van der Waals surface area contributed by atoms with Crippen LogP contribution in [-0.2, 0) is 4.79 Å². The summed E-state index contributed by atoms with van der Waals surface area (Å²) in [6.07, 6.45) is 15.7. The molecule has 7 heteroatoms. The Morgan fingerprint density at radius 3 is 2.70 bits per heavy atom. The van der Waals surface area contributed by atoms with Gasteiger partial charge in [0.2, 0.25) is 0 Å². The molecule has 1 atom stereocenters. The van der Waals surface area contributed by atoms with Gasteiger partial charge in [-0.2, -0.15) is 0 Å². The van der Waals surface area contributed by atoms with Crippen LogP contribution in [0.15, 0.2) is 91.6 Å². The molecule has 0 aliphatic carbocycles. The summed E-state index contributed by atoms with van der Waals surface area (Å²) in [6, 6.07) is 0. The highest BCUT2D eigenvalue weighted by Gasteiger charge is 2.07. The molecule has 0 bridgehead atoms. The van der Waals surface area contributed by atoms with Gasteiger partial charge in [0.1, 0.15) is 6.34 Å². The van der Waals surface area contributed by atoms with Gasteiger partial charge in [-0.15, -0.1) is 0 Å². The van der Waals surface area contributed by atoms with E-state index in [4.69, 9.17) is 11.6 Å². The van der Waals surface area contributed by atoms with Gasteiger partial charge >= 0.3 is 0 Å². The summed E-state index contributed by atoms with van der Waals surface area (Å²) in [5.74, 6) is -0.124. The number of hydrogen-bond donors (Lipinski definition) is 1. The second kappa shape index (κ2) is 16.8. The number of aliphatic imine (C=N–C) groups is 4. The maximum Gasteiger partial charge on any atom is 0.250 e. The van der Waals surface area contributed by atoms with Crippen LogP contribution >= 0.6 is 11.6 Å². The van der Waals surface area contributed by atoms with Crippen LogP contribution in [-0.4, -0.2) is 45.0 Å². The minimum absolute atomic E-state index is 0.153. The van der Waals surface area contributed by atoms with Crippen molar-refractivity contribution in [2.45, 2.75) is 20.3 Å². The first-order valence-electron chi connectivity index (χ1n) is 9.28. The SMILES string of the molecule is C=CC=N/C(C)=C/CNC(=O)C(=C)/C=C(/CC(C)/C=C/C=C(/Cl)C=NC=NC)N=C. The number of carbonyl (C=O) groups excluding carboxylic acids is 1. The molecule has 30 heavy (non-hydrogen) atoms. The Morgan fingerprint density at radius 2 is 2.07 bits per heavy atom. The molecule has 0 aliphatic heterocycles. The zero-order valence-corrected chi connectivity index (χ0v) is 18.6. The molecule has 0 aromatic rings. The lowest BCUT2D eigenvalue weighted by Gasteiger charge is -2.08. The van der Waals surface area contributed by atoms with E-state index in [0.29, 0.717) is 29.3 Å². The molecule has 0 radical (unpaired) electrons. The Morgan fingerprint density at radius 1 is 1.33 bits per heavy atom. The third-order valence-electron chi connectivity index (χ3n) is 3.49. The highest BCUT2D eigenvalue weighted by molar-refractivity contribution is 6.39. The van der Waals surface area contributed by atoms with Crippen molar-refractivity contribution in [2.24, 2.45) is 25.9 Å². The lowest BCUT2D eigenvalue weighted by atomic mass is 10.0. The number of rotatable bonds is 13. The summed E-state index contributed by atoms with van der Waals surface area (Å²) in [6.45, 7) is 15.2. The number of amides is 1. The van der Waals surface area contributed by atoms with Gasteiger partial charge in [-0.05, 0) is 44.2 Å². The van der Waals surface area contributed by atoms with Gasteiger partial charge in [0.25, 0.3) is 5.91 Å². The summed E-state index contributed by atoms with van der Waals surface area (Å²) in [5, 5.41) is 3.25. The van der Waals surface area contributed by atoms with Gasteiger partial charge in [-0.25, -0.2) is 4.99 Å². The monoisotopic (exact) mass is 427 g/mol. The predicted molar refractivity (Wildman–Crippen MR) is 132 cm³/mol. The molecule has 0 aliphatic rings. The van der Waals surface area contributed by atoms with E-state index >= 15 is 0 Å². The van der Waals surface area contributed by atoms with E-state index in [1.54, 1.807) is 37.6 Å². The molecule has 0 fully saturated rings. The fourth-order valence-corrected chi connectivity index (χ4v) is 2.14. The highest BCUT2D eigenvalue weighted by atomic mass is 35.5. The zero-order valence-electron chi connectivity index (χ0n) is 17.9. The summed E-state index contributed by atoms with van der Waals surface area (Å²) in [4.78, 5) is 27.9. The average Bonchev–Trinajstić information content (AvgIpc) is 2.71. The molecule has 0 aromatic carbocycles. The molecule has 1 amide bonds. The van der Waals surface area contributed by atoms with Crippen LogP contribution in [0.1, 0.15) is 20.3 Å². The van der Waals surface area contributed by atoms with Gasteiger partial charge in [-0.3, -0.25) is 19.8 Å². The van der Waals surface area contributed by atoms with Gasteiger partial charge in [-0.1, -0.05) is 49.9 Å². The molecule has 0 aromatic heterocycles. The zero-order chi connectivity index (χ0) is 22.8. The van der Waals surface area contributed by atoms with Crippen molar-refractivity contribution in [1.82, 2.24) is 5.32 Å². The normalized spacial score (nSPS) is 14.7. The number of carbonyl (C=O) groups is 1. The molecule has 0 saturated carbocycles. The lowest BCUT2D eigenvalue weighted by molar-refractivity contribution is -0.116. The van der Waals surface area contributed by atoms with Crippen molar-refractivity contribution < 1.29 is 4.79 Å². The minimum Gasteiger partial charge on any atom is -0.349 e. The smallest absolute Gasteiger partial charge is 0.250 e. The van der Waals surface area contributed by atoms with Crippen molar-refractivity contribution in [3.05, 3.63) is 71.6 Å². The van der Waals surface area contributed by atoms with E-state index in [0.717, 1.165) is 5.70 Å². The Balaban J connectivity index is 4.77. The Kier molecular flexibility index (Phi) is 15.1. The third-order valence-corrected chi connectivity index (χ3v) is 3.71. The summed E-state index contributed by atoms with van der Waals surface area (Å²) >= 11 is 6.01. The van der Waals surface area contributed by atoms with Crippen molar-refractivity contribution >= 4 is 43.0 Å². The van der Waals surface area contributed by atoms with Crippen molar-refractivity contribution in [1.29, 1.82) is 0 Å². The predicted octanol–water partition coefficient (Wildman–Crippen LogP) is 4.84. The third kappa shape index (κ3) is 14.0. The fraction of sp³-hybridized carbons (Fsp3) is 0.261. The maximum absolute atomic E-state index is 12.2. The van der Waals surface area contributed by atoms with E-state index in [1.165, 1.54) is 12.6 Å². The number of nitrogens with one attached hydrogen (secondary N) is 1. The maximum atomic E-state index is 12.2. The average molecular weight is 428 g/mol. The molecular formula is C23H30ClN5O. The highest BCUT2D eigenvalue weighted by Crippen LogP contribution is 2.16. The van der Waals surface area contributed by atoms with Crippen LogP contribution < -0.4 is 5.32 Å². The van der Waals surface area contributed by atoms with Gasteiger partial charge in [0.05, 0.1) is 5.03 Å². The minimum atomic E-state index is -0.277. The van der Waals surface area contributed by atoms with Crippen LogP contribution in [0.3, 0.4) is 0 Å². The first kappa shape index (κ1) is 26.9. The topological polar surface area (TPSA) is 78.5 Å². The standard InChI is InChI=1S/C23H30ClN5O/c1-7-12-28-20(4)11-13-29-23(30)19(3)15-22(26-6)14-18(2)9-8-10-21(24)16-27-17-25-5/h7-12,15-18H,1,3,6,13-14H2,2,4-5H3,(H,29,30)/b9-8+,20-11+,21-10+,22-15-,25-17?,27-16?,28-12?. The van der Waals surface area contributed by atoms with Crippen LogP contribution in [0, 0.1) is 5.92 Å². The Labute approximate surface area is 184 Å². The number of halogens is 1. The van der Waals surface area contributed by atoms with Crippen LogP contribution in [0.4, 0.5) is 0 Å². The number of nitrogens with zero attached hydrogens (tertiary/aromatic N) is 4. The van der Waals surface area contributed by atoms with Crippen LogP contribution in [0.2, 0.25) is 0 Å². The van der Waals surface area contributed by atoms with Gasteiger partial charge < -0.3 is 5.32 Å². The fourth-order valence-electron chi connectivity index (χ4n) is 2.01. The number of hydrogen-bond acceptors (Lipinski definition) is 4. The quantitative estimate of drug-likeness (QED) is 0.194. The molecule has 0 saturated heterocycles. The largest absolute Gasteiger partial charge is 0.349 e. The van der Waals surface area contributed by atoms with E-state index in [2.05, 4.69) is 45.2 Å². The Bertz CT molecular complexity index is 813. The molecule has 160 valence electrons. The molecular weight excluding hydrogens is 398 g/mol. The first-order valence-corrected chi connectivity index (χ1v) is 9.65. The molecule has 1 N–H and O–H groups in total. The molecule has 6 nitrogen and oxygen atoms in total. The molecule has 0 rings (SSSR count). The van der Waals surface area contributed by atoms with Crippen LogP contribution in [0.25, 0.3) is 0 Å². The number of allylic oxidation sites excluding steroid dienone is 7. The Hall–Kier alpha value is -3.12. The second-order valence-electron chi connectivity index (χ2n) is 6.16. The van der Waals surface area contributed by atoms with Crippen LogP contribution in [0.5, 0.6) is 0 Å². The van der Waals surface area contributed by atoms with E-state index in [-0.39, 0.29) is 11.8 Å². The summed E-state index contributed by atoms with van der Waals surface area (Å²) in [5.41, 5.74) is 1.76. The molecule has 0 heterocycles. The summed E-state index contributed by atoms with van der Waals surface area (Å²) < 4.78 is 0. The molecule has 0 spiro atoms. The van der Waals surface area contributed by atoms with E-state index in [1.807, 2.05) is 26.0 Å².